The van der Waals surface area contributed by atoms with E-state index in [4.69, 9.17) is 4.74 Å². The predicted molar refractivity (Wildman–Crippen MR) is 116 cm³/mol. The number of ether oxygens (including phenoxy) is 1. The van der Waals surface area contributed by atoms with Gasteiger partial charge in [-0.25, -0.2) is 13.4 Å². The molecule has 7 heteroatoms. The molecule has 1 saturated carbocycles. The summed E-state index contributed by atoms with van der Waals surface area (Å²) < 4.78 is 35.5. The monoisotopic (exact) mass is 425 g/mol. The number of benzene rings is 2. The highest BCUT2D eigenvalue weighted by atomic mass is 32.2. The van der Waals surface area contributed by atoms with E-state index in [9.17, 15) is 8.42 Å². The van der Waals surface area contributed by atoms with Crippen LogP contribution in [0.4, 0.5) is 0 Å². The largest absolute Gasteiger partial charge is 0.497 e. The van der Waals surface area contributed by atoms with Gasteiger partial charge in [-0.3, -0.25) is 0 Å². The van der Waals surface area contributed by atoms with Crippen LogP contribution in [0.2, 0.25) is 0 Å². The van der Waals surface area contributed by atoms with Crippen LogP contribution in [0.25, 0.3) is 0 Å². The van der Waals surface area contributed by atoms with Gasteiger partial charge in [0.1, 0.15) is 11.6 Å². The Morgan fingerprint density at radius 3 is 2.53 bits per heavy atom. The number of aromatic nitrogens is 2. The molecule has 0 unspecified atom stereocenters. The average Bonchev–Trinajstić information content (AvgIpc) is 3.48. The van der Waals surface area contributed by atoms with Crippen molar-refractivity contribution in [3.05, 3.63) is 77.4 Å². The second-order valence-corrected chi connectivity index (χ2v) is 9.75. The normalized spacial score (nSPS) is 14.3. The summed E-state index contributed by atoms with van der Waals surface area (Å²) in [5, 5.41) is 0. The van der Waals surface area contributed by atoms with Crippen molar-refractivity contribution in [3.8, 4) is 5.75 Å². The van der Waals surface area contributed by atoms with E-state index in [0.29, 0.717) is 12.3 Å². The number of aryl methyl sites for hydroxylation is 2. The van der Waals surface area contributed by atoms with Crippen LogP contribution in [0, 0.1) is 13.8 Å². The van der Waals surface area contributed by atoms with E-state index in [-0.39, 0.29) is 17.5 Å². The highest BCUT2D eigenvalue weighted by Crippen LogP contribution is 2.34. The number of rotatable bonds is 8. The summed E-state index contributed by atoms with van der Waals surface area (Å²) in [5.74, 6) is 1.39. The maximum absolute atomic E-state index is 13.4. The summed E-state index contributed by atoms with van der Waals surface area (Å²) in [6.45, 7) is 5.10. The lowest BCUT2D eigenvalue weighted by molar-refractivity contribution is 0.383. The summed E-state index contributed by atoms with van der Waals surface area (Å²) in [7, 11) is -2.05. The predicted octanol–water partition coefficient (Wildman–Crippen LogP) is 3.91. The average molecular weight is 426 g/mol. The lowest BCUT2D eigenvalue weighted by atomic mass is 10.1. The van der Waals surface area contributed by atoms with Crippen molar-refractivity contribution in [2.24, 2.45) is 0 Å². The van der Waals surface area contributed by atoms with Gasteiger partial charge in [0.05, 0.1) is 18.6 Å². The number of hydrogen-bond acceptors (Lipinski definition) is 4. The number of imidazole rings is 1. The van der Waals surface area contributed by atoms with Crippen LogP contribution in [0.5, 0.6) is 5.75 Å². The first-order chi connectivity index (χ1) is 14.4. The van der Waals surface area contributed by atoms with Gasteiger partial charge in [-0.1, -0.05) is 23.8 Å². The zero-order valence-electron chi connectivity index (χ0n) is 17.6. The molecule has 158 valence electrons. The summed E-state index contributed by atoms with van der Waals surface area (Å²) >= 11 is 0. The van der Waals surface area contributed by atoms with Crippen molar-refractivity contribution >= 4 is 10.0 Å². The molecular formula is C23H27N3O3S. The third-order valence-corrected chi connectivity index (χ3v) is 7.48. The van der Waals surface area contributed by atoms with Crippen LogP contribution in [0.3, 0.4) is 0 Å². The number of methoxy groups -OCH3 is 1. The van der Waals surface area contributed by atoms with E-state index in [1.807, 2.05) is 10.8 Å². The fraction of sp³-hybridized carbons (Fsp3) is 0.348. The van der Waals surface area contributed by atoms with Gasteiger partial charge in [0.25, 0.3) is 0 Å². The molecule has 3 aromatic rings. The molecule has 1 fully saturated rings. The van der Waals surface area contributed by atoms with Gasteiger partial charge in [-0.15, -0.1) is 0 Å². The molecular weight excluding hydrogens is 398 g/mol. The van der Waals surface area contributed by atoms with Crippen LogP contribution in [0.15, 0.2) is 59.8 Å². The quantitative estimate of drug-likeness (QED) is 0.549. The minimum atomic E-state index is -3.62. The molecule has 1 heterocycles. The summed E-state index contributed by atoms with van der Waals surface area (Å²) in [5.41, 5.74) is 3.63. The van der Waals surface area contributed by atoms with Crippen LogP contribution < -0.4 is 4.74 Å². The van der Waals surface area contributed by atoms with Gasteiger partial charge in [-0.05, 0) is 62.1 Å². The van der Waals surface area contributed by atoms with Crippen molar-refractivity contribution in [2.45, 2.75) is 50.7 Å². The summed E-state index contributed by atoms with van der Waals surface area (Å²) in [4.78, 5) is 4.77. The summed E-state index contributed by atoms with van der Waals surface area (Å²) in [6.07, 6.45) is 5.42. The van der Waals surface area contributed by atoms with Crippen LogP contribution >= 0.6 is 0 Å². The maximum Gasteiger partial charge on any atom is 0.243 e. The molecule has 0 spiro atoms. The van der Waals surface area contributed by atoms with Gasteiger partial charge in [0.15, 0.2) is 0 Å². The van der Waals surface area contributed by atoms with Crippen molar-refractivity contribution in [2.75, 3.05) is 7.11 Å². The zero-order valence-corrected chi connectivity index (χ0v) is 18.4. The molecule has 6 nitrogen and oxygen atoms in total. The molecule has 4 rings (SSSR count). The minimum absolute atomic E-state index is 0.0305. The van der Waals surface area contributed by atoms with E-state index in [1.54, 1.807) is 41.9 Å². The van der Waals surface area contributed by atoms with Gasteiger partial charge in [0, 0.05) is 25.0 Å². The lowest BCUT2D eigenvalue weighted by Gasteiger charge is -2.22. The molecule has 1 aliphatic carbocycles. The minimum Gasteiger partial charge on any atom is -0.497 e. The van der Waals surface area contributed by atoms with Crippen LogP contribution in [-0.2, 0) is 23.1 Å². The Hall–Kier alpha value is -2.64. The van der Waals surface area contributed by atoms with Crippen molar-refractivity contribution in [3.63, 3.8) is 0 Å². The Morgan fingerprint density at radius 2 is 1.87 bits per heavy atom. The van der Waals surface area contributed by atoms with Crippen LogP contribution in [0.1, 0.15) is 35.4 Å². The SMILES string of the molecule is COc1ccc(S(=O)(=O)N(Cc2nccn2Cc2cc(C)ccc2C)C2CC2)cc1. The number of hydrogen-bond donors (Lipinski definition) is 0. The first-order valence-corrected chi connectivity index (χ1v) is 11.5. The highest BCUT2D eigenvalue weighted by molar-refractivity contribution is 7.89. The maximum atomic E-state index is 13.4. The Bertz CT molecular complexity index is 1130. The van der Waals surface area contributed by atoms with E-state index >= 15 is 0 Å². The number of sulfonamides is 1. The van der Waals surface area contributed by atoms with Gasteiger partial charge < -0.3 is 9.30 Å². The van der Waals surface area contributed by atoms with E-state index in [1.165, 1.54) is 16.7 Å². The lowest BCUT2D eigenvalue weighted by Crippen LogP contribution is -2.33. The van der Waals surface area contributed by atoms with Crippen LogP contribution in [-0.4, -0.2) is 35.4 Å². The van der Waals surface area contributed by atoms with Gasteiger partial charge >= 0.3 is 0 Å². The highest BCUT2D eigenvalue weighted by Gasteiger charge is 2.38. The molecule has 0 N–H and O–H groups in total. The third kappa shape index (κ3) is 4.27. The Labute approximate surface area is 178 Å². The van der Waals surface area contributed by atoms with E-state index in [2.05, 4.69) is 37.0 Å². The number of nitrogens with zero attached hydrogens (tertiary/aromatic N) is 3. The molecule has 30 heavy (non-hydrogen) atoms. The Balaban J connectivity index is 1.60. The fourth-order valence-corrected chi connectivity index (χ4v) is 5.22. The van der Waals surface area contributed by atoms with Crippen molar-refractivity contribution in [1.82, 2.24) is 13.9 Å². The molecule has 0 atom stereocenters. The standard InChI is InChI=1S/C23H27N3O3S/c1-17-4-5-18(2)19(14-17)15-25-13-12-24-23(25)16-26(20-6-7-20)30(27,28)22-10-8-21(29-3)9-11-22/h4-5,8-14,20H,6-7,15-16H2,1-3H3. The first-order valence-electron chi connectivity index (χ1n) is 10.1. The second-order valence-electron chi connectivity index (χ2n) is 7.86. The molecule has 0 amide bonds. The van der Waals surface area contributed by atoms with Crippen molar-refractivity contribution in [1.29, 1.82) is 0 Å². The molecule has 0 aliphatic heterocycles. The molecule has 1 aliphatic rings. The molecule has 0 radical (unpaired) electrons. The zero-order chi connectivity index (χ0) is 21.3. The van der Waals surface area contributed by atoms with Crippen molar-refractivity contribution < 1.29 is 13.2 Å². The molecule has 0 bridgehead atoms. The molecule has 0 saturated heterocycles. The fourth-order valence-electron chi connectivity index (χ4n) is 3.59. The third-order valence-electron chi connectivity index (χ3n) is 5.56. The Morgan fingerprint density at radius 1 is 1.13 bits per heavy atom. The van der Waals surface area contributed by atoms with E-state index < -0.39 is 10.0 Å². The topological polar surface area (TPSA) is 64.4 Å². The summed E-state index contributed by atoms with van der Waals surface area (Å²) in [6, 6.07) is 13.0. The van der Waals surface area contributed by atoms with E-state index in [0.717, 1.165) is 18.7 Å². The van der Waals surface area contributed by atoms with Gasteiger partial charge in [-0.2, -0.15) is 4.31 Å². The Kier molecular flexibility index (Phi) is 5.66. The second kappa shape index (κ2) is 8.24. The molecule has 1 aromatic heterocycles. The van der Waals surface area contributed by atoms with Gasteiger partial charge in [0.2, 0.25) is 10.0 Å². The smallest absolute Gasteiger partial charge is 0.243 e. The molecule has 2 aromatic carbocycles. The first kappa shape index (κ1) is 20.6.